The summed E-state index contributed by atoms with van der Waals surface area (Å²) in [6.45, 7) is 7.16. The molecular formula is C28H30F4N4O3. The third-order valence-corrected chi connectivity index (χ3v) is 6.51. The molecular weight excluding hydrogens is 516 g/mol. The highest BCUT2D eigenvalue weighted by molar-refractivity contribution is 6.11. The Bertz CT molecular complexity index is 1300. The van der Waals surface area contributed by atoms with Crippen LogP contribution in [0.4, 0.5) is 28.9 Å². The molecule has 1 fully saturated rings. The molecule has 2 aliphatic heterocycles. The van der Waals surface area contributed by atoms with Crippen molar-refractivity contribution in [1.82, 2.24) is 4.90 Å². The van der Waals surface area contributed by atoms with E-state index in [0.717, 1.165) is 13.1 Å². The van der Waals surface area contributed by atoms with Crippen LogP contribution in [0.2, 0.25) is 0 Å². The Labute approximate surface area is 224 Å². The quantitative estimate of drug-likeness (QED) is 0.499. The van der Waals surface area contributed by atoms with Crippen LogP contribution in [0.1, 0.15) is 13.8 Å². The van der Waals surface area contributed by atoms with Crippen molar-refractivity contribution < 1.29 is 31.9 Å². The van der Waals surface area contributed by atoms with Gasteiger partial charge in [-0.05, 0) is 48.9 Å². The van der Waals surface area contributed by atoms with Crippen molar-refractivity contribution in [1.29, 1.82) is 0 Å². The smallest absolute Gasteiger partial charge is 0.414 e. The zero-order chi connectivity index (χ0) is 28.3. The average Bonchev–Trinajstić information content (AvgIpc) is 2.88. The SMILES string of the molecule is CC(C)COc1ccc(F)c(-c2ccc(N3CCN(C)CC3)c(NC(=O)C3C=NC(=O)C=C3C(F)(F)F)c2)c1. The molecule has 1 saturated heterocycles. The van der Waals surface area contributed by atoms with Gasteiger partial charge in [0, 0.05) is 44.0 Å². The normalized spacial score (nSPS) is 18.4. The van der Waals surface area contributed by atoms with Crippen molar-refractivity contribution in [3.05, 3.63) is 53.9 Å². The van der Waals surface area contributed by atoms with E-state index in [9.17, 15) is 27.2 Å². The number of nitrogens with zero attached hydrogens (tertiary/aromatic N) is 3. The van der Waals surface area contributed by atoms with E-state index < -0.39 is 35.3 Å². The molecule has 0 aromatic heterocycles. The third kappa shape index (κ3) is 6.83. The molecule has 2 aromatic carbocycles. The van der Waals surface area contributed by atoms with Crippen molar-refractivity contribution in [2.45, 2.75) is 20.0 Å². The number of likely N-dealkylation sites (N-methyl/N-ethyl adjacent to an activating group) is 1. The minimum atomic E-state index is -4.90. The van der Waals surface area contributed by atoms with E-state index in [2.05, 4.69) is 15.2 Å². The fourth-order valence-electron chi connectivity index (χ4n) is 4.37. The Balaban J connectivity index is 1.71. The molecule has 2 amide bonds. The molecule has 4 rings (SSSR count). The number of carbonyl (C=O) groups is 2. The number of rotatable bonds is 7. The molecule has 11 heteroatoms. The van der Waals surface area contributed by atoms with Crippen LogP contribution >= 0.6 is 0 Å². The molecule has 1 unspecified atom stereocenters. The van der Waals surface area contributed by atoms with Gasteiger partial charge in [0.25, 0.3) is 5.91 Å². The summed E-state index contributed by atoms with van der Waals surface area (Å²) in [5.74, 6) is -3.68. The van der Waals surface area contributed by atoms with E-state index >= 15 is 0 Å². The molecule has 2 aromatic rings. The molecule has 2 aliphatic rings. The summed E-state index contributed by atoms with van der Waals surface area (Å²) in [6, 6.07) is 9.33. The molecule has 0 saturated carbocycles. The van der Waals surface area contributed by atoms with E-state index in [0.29, 0.717) is 49.0 Å². The van der Waals surface area contributed by atoms with Gasteiger partial charge in [0.1, 0.15) is 17.5 Å². The van der Waals surface area contributed by atoms with Gasteiger partial charge in [-0.1, -0.05) is 19.9 Å². The van der Waals surface area contributed by atoms with Gasteiger partial charge in [0.2, 0.25) is 5.91 Å². The molecule has 0 spiro atoms. The van der Waals surface area contributed by atoms with Crippen LogP contribution in [0.25, 0.3) is 11.1 Å². The van der Waals surface area contributed by atoms with Crippen molar-refractivity contribution in [2.24, 2.45) is 16.8 Å². The second kappa shape index (κ2) is 11.6. The number of halogens is 4. The lowest BCUT2D eigenvalue weighted by molar-refractivity contribution is -0.124. The molecule has 1 atom stereocenters. The number of ether oxygens (including phenoxy) is 1. The second-order valence-corrected chi connectivity index (χ2v) is 10.0. The van der Waals surface area contributed by atoms with Crippen LogP contribution in [0.3, 0.4) is 0 Å². The van der Waals surface area contributed by atoms with Crippen LogP contribution in [-0.2, 0) is 9.59 Å². The minimum Gasteiger partial charge on any atom is -0.493 e. The number of amides is 2. The van der Waals surface area contributed by atoms with Gasteiger partial charge < -0.3 is 19.9 Å². The number of benzene rings is 2. The summed E-state index contributed by atoms with van der Waals surface area (Å²) in [7, 11) is 1.98. The monoisotopic (exact) mass is 546 g/mol. The molecule has 0 aliphatic carbocycles. The molecule has 1 N–H and O–H groups in total. The second-order valence-electron chi connectivity index (χ2n) is 10.0. The van der Waals surface area contributed by atoms with E-state index in [1.54, 1.807) is 18.2 Å². The molecule has 0 bridgehead atoms. The van der Waals surface area contributed by atoms with Crippen LogP contribution in [0.5, 0.6) is 5.75 Å². The summed E-state index contributed by atoms with van der Waals surface area (Å²) >= 11 is 0. The first-order chi connectivity index (χ1) is 18.4. The Morgan fingerprint density at radius 2 is 1.85 bits per heavy atom. The van der Waals surface area contributed by atoms with E-state index in [1.807, 2.05) is 25.8 Å². The Morgan fingerprint density at radius 3 is 2.51 bits per heavy atom. The van der Waals surface area contributed by atoms with Gasteiger partial charge in [-0.25, -0.2) is 9.38 Å². The van der Waals surface area contributed by atoms with Crippen molar-refractivity contribution >= 4 is 29.4 Å². The Hall–Kier alpha value is -3.73. The number of nitrogens with one attached hydrogen (secondary N) is 1. The van der Waals surface area contributed by atoms with Gasteiger partial charge in [0.15, 0.2) is 0 Å². The van der Waals surface area contributed by atoms with Gasteiger partial charge in [-0.15, -0.1) is 0 Å². The maximum absolute atomic E-state index is 14.9. The number of piperazine rings is 1. The predicted octanol–water partition coefficient (Wildman–Crippen LogP) is 4.93. The summed E-state index contributed by atoms with van der Waals surface area (Å²) < 4.78 is 61.5. The average molecular weight is 547 g/mol. The van der Waals surface area contributed by atoms with Crippen molar-refractivity contribution in [3.63, 3.8) is 0 Å². The van der Waals surface area contributed by atoms with E-state index in [1.165, 1.54) is 18.2 Å². The number of hydrogen-bond donors (Lipinski definition) is 1. The van der Waals surface area contributed by atoms with Crippen molar-refractivity contribution in [3.8, 4) is 16.9 Å². The van der Waals surface area contributed by atoms with E-state index in [4.69, 9.17) is 4.74 Å². The molecule has 208 valence electrons. The number of dihydropyridines is 1. The van der Waals surface area contributed by atoms with Crippen LogP contribution in [0, 0.1) is 17.7 Å². The summed E-state index contributed by atoms with van der Waals surface area (Å²) in [4.78, 5) is 32.2. The molecule has 39 heavy (non-hydrogen) atoms. The van der Waals surface area contributed by atoms with Gasteiger partial charge in [-0.3, -0.25) is 9.59 Å². The first-order valence-electron chi connectivity index (χ1n) is 12.6. The highest BCUT2D eigenvalue weighted by Crippen LogP contribution is 2.37. The van der Waals surface area contributed by atoms with Crippen LogP contribution in [0.15, 0.2) is 53.0 Å². The van der Waals surface area contributed by atoms with Gasteiger partial charge in [-0.2, -0.15) is 13.2 Å². The molecule has 2 heterocycles. The zero-order valence-corrected chi connectivity index (χ0v) is 21.9. The number of alkyl halides is 3. The Morgan fingerprint density at radius 1 is 1.13 bits per heavy atom. The van der Waals surface area contributed by atoms with Gasteiger partial charge in [0.05, 0.1) is 23.6 Å². The van der Waals surface area contributed by atoms with Crippen LogP contribution < -0.4 is 15.0 Å². The van der Waals surface area contributed by atoms with Crippen molar-refractivity contribution in [2.75, 3.05) is 50.1 Å². The lowest BCUT2D eigenvalue weighted by atomic mass is 9.95. The fraction of sp³-hybridized carbons (Fsp3) is 0.393. The standard InChI is InChI=1S/C28H30F4N4O3/c1-17(2)16-39-19-5-6-23(29)20(13-19)18-4-7-25(36-10-8-35(3)9-11-36)24(12-18)34-27(38)21-15-33-26(37)14-22(21)28(30,31)32/h4-7,12-15,17,21H,8-11,16H2,1-3H3,(H,34,38). The summed E-state index contributed by atoms with van der Waals surface area (Å²) in [5, 5.41) is 2.60. The number of aliphatic imine (C=N–C) groups is 1. The zero-order valence-electron chi connectivity index (χ0n) is 21.9. The number of hydrogen-bond acceptors (Lipinski definition) is 5. The Kier molecular flexibility index (Phi) is 8.39. The maximum Gasteiger partial charge on any atom is 0.414 e. The molecule has 0 radical (unpaired) electrons. The maximum atomic E-state index is 14.9. The lowest BCUT2D eigenvalue weighted by Crippen LogP contribution is -2.44. The predicted molar refractivity (Wildman–Crippen MR) is 142 cm³/mol. The first kappa shape index (κ1) is 28.3. The first-order valence-corrected chi connectivity index (χ1v) is 12.6. The van der Waals surface area contributed by atoms with Crippen LogP contribution in [-0.4, -0.2) is 68.9 Å². The highest BCUT2D eigenvalue weighted by atomic mass is 19.4. The topological polar surface area (TPSA) is 74.2 Å². The van der Waals surface area contributed by atoms with E-state index in [-0.39, 0.29) is 17.2 Å². The highest BCUT2D eigenvalue weighted by Gasteiger charge is 2.43. The molecule has 7 nitrogen and oxygen atoms in total. The van der Waals surface area contributed by atoms with Gasteiger partial charge >= 0.3 is 6.18 Å². The number of anilines is 2. The lowest BCUT2D eigenvalue weighted by Gasteiger charge is -2.35. The largest absolute Gasteiger partial charge is 0.493 e. The fourth-order valence-corrected chi connectivity index (χ4v) is 4.37. The minimum absolute atomic E-state index is 0.220. The number of carbonyl (C=O) groups excluding carboxylic acids is 2. The summed E-state index contributed by atoms with van der Waals surface area (Å²) in [6.07, 6.45) is -3.86. The summed E-state index contributed by atoms with van der Waals surface area (Å²) in [5.41, 5.74) is 0.154. The third-order valence-electron chi connectivity index (χ3n) is 6.51.